The van der Waals surface area contributed by atoms with Gasteiger partial charge in [0.15, 0.2) is 11.6 Å². The quantitative estimate of drug-likeness (QED) is 0.321. The molecular weight excluding hydrogens is 502 g/mol. The summed E-state index contributed by atoms with van der Waals surface area (Å²) in [5, 5.41) is 7.59. The largest absolute Gasteiger partial charge is 0.362 e. The number of fused-ring (bicyclic) bond motifs is 3. The lowest BCUT2D eigenvalue weighted by atomic mass is 9.83. The molecule has 40 heavy (non-hydrogen) atoms. The number of nitrogens with one attached hydrogen (secondary N) is 2. The standard InChI is InChI=1S/C32H31N5O3/c1-37(2)30-25-9-5-6-10-27(25)35-32(36-30)34-21-14-11-19(12-15-21)18-33-31(40)20-13-16-24-26(17-20)29(39)23-8-4-3-7-22(23)28(24)38/h3-10,13,16-17,19,21H,11-12,14-15,18H2,1-2H3,(H,33,40)(H,34,35,36). The zero-order valence-electron chi connectivity index (χ0n) is 22.6. The van der Waals surface area contributed by atoms with Gasteiger partial charge in [-0.05, 0) is 61.9 Å². The normalized spacial score (nSPS) is 18.1. The van der Waals surface area contributed by atoms with Crippen LogP contribution in [0.4, 0.5) is 11.8 Å². The van der Waals surface area contributed by atoms with Crippen LogP contribution in [0.1, 0.15) is 67.9 Å². The van der Waals surface area contributed by atoms with E-state index in [1.165, 1.54) is 0 Å². The smallest absolute Gasteiger partial charge is 0.251 e. The van der Waals surface area contributed by atoms with E-state index in [0.29, 0.717) is 40.7 Å². The van der Waals surface area contributed by atoms with Crippen molar-refractivity contribution in [1.29, 1.82) is 0 Å². The number of hydrogen-bond donors (Lipinski definition) is 2. The first-order chi connectivity index (χ1) is 19.4. The summed E-state index contributed by atoms with van der Waals surface area (Å²) in [6.07, 6.45) is 3.87. The molecule has 0 atom stereocenters. The van der Waals surface area contributed by atoms with Crippen LogP contribution in [-0.2, 0) is 0 Å². The van der Waals surface area contributed by atoms with Gasteiger partial charge >= 0.3 is 0 Å². The van der Waals surface area contributed by atoms with Gasteiger partial charge in [-0.15, -0.1) is 0 Å². The summed E-state index contributed by atoms with van der Waals surface area (Å²) in [4.78, 5) is 50.3. The van der Waals surface area contributed by atoms with Gasteiger partial charge in [0.2, 0.25) is 5.95 Å². The predicted molar refractivity (Wildman–Crippen MR) is 155 cm³/mol. The van der Waals surface area contributed by atoms with Crippen LogP contribution < -0.4 is 15.5 Å². The van der Waals surface area contributed by atoms with Crippen LogP contribution in [0.3, 0.4) is 0 Å². The van der Waals surface area contributed by atoms with Crippen molar-refractivity contribution in [3.05, 3.63) is 94.5 Å². The molecule has 6 rings (SSSR count). The number of para-hydroxylation sites is 1. The van der Waals surface area contributed by atoms with Crippen LogP contribution in [-0.4, -0.2) is 54.1 Å². The molecule has 2 N–H and O–H groups in total. The van der Waals surface area contributed by atoms with E-state index < -0.39 is 0 Å². The Kier molecular flexibility index (Phi) is 6.76. The van der Waals surface area contributed by atoms with Gasteiger partial charge < -0.3 is 15.5 Å². The van der Waals surface area contributed by atoms with E-state index in [1.807, 2.05) is 43.3 Å². The van der Waals surface area contributed by atoms with Crippen LogP contribution in [0.2, 0.25) is 0 Å². The summed E-state index contributed by atoms with van der Waals surface area (Å²) in [5.41, 5.74) is 2.73. The molecule has 1 aromatic heterocycles. The van der Waals surface area contributed by atoms with Gasteiger partial charge in [0.25, 0.3) is 5.91 Å². The van der Waals surface area contributed by atoms with Crippen LogP contribution in [0, 0.1) is 5.92 Å². The van der Waals surface area contributed by atoms with E-state index in [2.05, 4.69) is 10.6 Å². The second-order valence-corrected chi connectivity index (χ2v) is 10.8. The molecule has 202 valence electrons. The molecule has 0 radical (unpaired) electrons. The monoisotopic (exact) mass is 533 g/mol. The Labute approximate surface area is 232 Å². The third kappa shape index (κ3) is 4.81. The average molecular weight is 534 g/mol. The molecule has 0 unspecified atom stereocenters. The molecule has 8 nitrogen and oxygen atoms in total. The van der Waals surface area contributed by atoms with Gasteiger partial charge in [-0.1, -0.05) is 36.4 Å². The maximum absolute atomic E-state index is 13.0. The highest BCUT2D eigenvalue weighted by Crippen LogP contribution is 2.30. The molecule has 2 aliphatic carbocycles. The molecule has 1 amide bonds. The van der Waals surface area contributed by atoms with E-state index in [0.717, 1.165) is 42.4 Å². The van der Waals surface area contributed by atoms with Crippen molar-refractivity contribution in [2.24, 2.45) is 5.92 Å². The van der Waals surface area contributed by atoms with E-state index in [4.69, 9.17) is 9.97 Å². The number of aromatic nitrogens is 2. The van der Waals surface area contributed by atoms with Gasteiger partial charge in [-0.3, -0.25) is 14.4 Å². The Hall–Kier alpha value is -4.59. The van der Waals surface area contributed by atoms with Gasteiger partial charge in [-0.25, -0.2) is 4.98 Å². The number of nitrogens with zero attached hydrogens (tertiary/aromatic N) is 3. The predicted octanol–water partition coefficient (Wildman–Crippen LogP) is 4.87. The first-order valence-electron chi connectivity index (χ1n) is 13.7. The van der Waals surface area contributed by atoms with Crippen molar-refractivity contribution < 1.29 is 14.4 Å². The first-order valence-corrected chi connectivity index (χ1v) is 13.7. The Balaban J connectivity index is 1.05. The lowest BCUT2D eigenvalue weighted by Gasteiger charge is -2.29. The van der Waals surface area contributed by atoms with Crippen LogP contribution >= 0.6 is 0 Å². The third-order valence-electron chi connectivity index (χ3n) is 7.93. The van der Waals surface area contributed by atoms with Gasteiger partial charge in [-0.2, -0.15) is 4.98 Å². The first kappa shape index (κ1) is 25.7. The highest BCUT2D eigenvalue weighted by atomic mass is 16.2. The molecule has 0 aliphatic heterocycles. The summed E-state index contributed by atoms with van der Waals surface area (Å²) >= 11 is 0. The van der Waals surface area contributed by atoms with Crippen molar-refractivity contribution in [1.82, 2.24) is 15.3 Å². The molecule has 2 aliphatic rings. The fraction of sp³-hybridized carbons (Fsp3) is 0.281. The van der Waals surface area contributed by atoms with Crippen molar-refractivity contribution in [3.8, 4) is 0 Å². The molecule has 8 heteroatoms. The minimum Gasteiger partial charge on any atom is -0.362 e. The van der Waals surface area contributed by atoms with E-state index >= 15 is 0 Å². The number of carbonyl (C=O) groups excluding carboxylic acids is 3. The molecule has 0 spiro atoms. The Morgan fingerprint density at radius 3 is 2.20 bits per heavy atom. The number of benzene rings is 3. The van der Waals surface area contributed by atoms with Gasteiger partial charge in [0.1, 0.15) is 5.82 Å². The number of rotatable bonds is 6. The number of anilines is 2. The van der Waals surface area contributed by atoms with Crippen molar-refractivity contribution in [2.75, 3.05) is 30.9 Å². The molecule has 0 bridgehead atoms. The molecule has 3 aromatic carbocycles. The maximum atomic E-state index is 13.0. The molecule has 1 fully saturated rings. The number of hydrogen-bond acceptors (Lipinski definition) is 7. The van der Waals surface area contributed by atoms with Crippen LogP contribution in [0.15, 0.2) is 66.7 Å². The number of ketones is 2. The van der Waals surface area contributed by atoms with Crippen molar-refractivity contribution >= 4 is 40.1 Å². The zero-order chi connectivity index (χ0) is 27.8. The molecule has 4 aromatic rings. The second-order valence-electron chi connectivity index (χ2n) is 10.8. The molecule has 0 saturated heterocycles. The van der Waals surface area contributed by atoms with Crippen LogP contribution in [0.25, 0.3) is 10.9 Å². The average Bonchev–Trinajstić information content (AvgIpc) is 2.98. The molecular formula is C32H31N5O3. The maximum Gasteiger partial charge on any atom is 0.251 e. The van der Waals surface area contributed by atoms with Crippen molar-refractivity contribution in [3.63, 3.8) is 0 Å². The highest BCUT2D eigenvalue weighted by Gasteiger charge is 2.30. The van der Waals surface area contributed by atoms with Gasteiger partial charge in [0, 0.05) is 59.9 Å². The minimum atomic E-state index is -0.233. The topological polar surface area (TPSA) is 104 Å². The SMILES string of the molecule is CN(C)c1nc(NC2CCC(CNC(=O)c3ccc4c(c3)C(=O)c3ccccc3C4=O)CC2)nc2ccccc12. The van der Waals surface area contributed by atoms with E-state index in [-0.39, 0.29) is 29.1 Å². The third-order valence-corrected chi connectivity index (χ3v) is 7.93. The van der Waals surface area contributed by atoms with E-state index in [1.54, 1.807) is 42.5 Å². The summed E-state index contributed by atoms with van der Waals surface area (Å²) < 4.78 is 0. The van der Waals surface area contributed by atoms with Gasteiger partial charge in [0.05, 0.1) is 5.52 Å². The van der Waals surface area contributed by atoms with Crippen molar-refractivity contribution in [2.45, 2.75) is 31.7 Å². The van der Waals surface area contributed by atoms with Crippen LogP contribution in [0.5, 0.6) is 0 Å². The Morgan fingerprint density at radius 2 is 1.48 bits per heavy atom. The molecule has 1 saturated carbocycles. The minimum absolute atomic E-state index is 0.186. The Bertz CT molecular complexity index is 1640. The fourth-order valence-corrected chi connectivity index (χ4v) is 5.74. The summed E-state index contributed by atoms with van der Waals surface area (Å²) in [5.74, 6) is 1.25. The fourth-order valence-electron chi connectivity index (χ4n) is 5.74. The highest BCUT2D eigenvalue weighted by molar-refractivity contribution is 6.28. The lowest BCUT2D eigenvalue weighted by Crippen LogP contribution is -2.34. The van der Waals surface area contributed by atoms with E-state index in [9.17, 15) is 14.4 Å². The molecule has 1 heterocycles. The number of amides is 1. The lowest BCUT2D eigenvalue weighted by molar-refractivity contribution is 0.0941. The zero-order valence-corrected chi connectivity index (χ0v) is 22.6. The Morgan fingerprint density at radius 1 is 0.825 bits per heavy atom. The number of carbonyl (C=O) groups is 3. The summed E-state index contributed by atoms with van der Waals surface area (Å²) in [7, 11) is 3.97. The second kappa shape index (κ2) is 10.5. The summed E-state index contributed by atoms with van der Waals surface area (Å²) in [6, 6.07) is 19.9. The summed E-state index contributed by atoms with van der Waals surface area (Å²) in [6.45, 7) is 0.565.